The zero-order chi connectivity index (χ0) is 15.2. The monoisotopic (exact) mass is 295 g/mol. The van der Waals surface area contributed by atoms with E-state index in [9.17, 15) is 14.0 Å². The molecule has 114 valence electrons. The van der Waals surface area contributed by atoms with E-state index in [0.29, 0.717) is 12.8 Å². The van der Waals surface area contributed by atoms with Crippen molar-refractivity contribution in [1.29, 1.82) is 0 Å². The van der Waals surface area contributed by atoms with Gasteiger partial charge in [0.2, 0.25) is 0 Å². The number of alkyl halides is 1. The Hall–Kier alpha value is -2.11. The molecule has 1 fully saturated rings. The molecule has 1 aromatic rings. The highest BCUT2D eigenvalue weighted by atomic mass is 19.1. The summed E-state index contributed by atoms with van der Waals surface area (Å²) in [6.45, 7) is -0.614. The number of methoxy groups -OCH3 is 1. The first-order valence-corrected chi connectivity index (χ1v) is 6.80. The summed E-state index contributed by atoms with van der Waals surface area (Å²) >= 11 is 0. The minimum atomic E-state index is -0.765. The van der Waals surface area contributed by atoms with Gasteiger partial charge in [0, 0.05) is 0 Å². The van der Waals surface area contributed by atoms with Crippen molar-refractivity contribution in [3.63, 3.8) is 0 Å². The number of ether oxygens (including phenoxy) is 2. The van der Waals surface area contributed by atoms with Crippen molar-refractivity contribution >= 4 is 12.1 Å². The maximum absolute atomic E-state index is 13.0. The third-order valence-corrected chi connectivity index (χ3v) is 3.57. The SMILES string of the molecule is COC(=O)C1CCC(CF)N1C(=O)OCc1ccccc1. The highest BCUT2D eigenvalue weighted by molar-refractivity contribution is 5.82. The predicted molar refractivity (Wildman–Crippen MR) is 73.3 cm³/mol. The Balaban J connectivity index is 2.02. The number of halogens is 1. The Bertz CT molecular complexity index is 494. The van der Waals surface area contributed by atoms with E-state index in [1.54, 1.807) is 0 Å². The topological polar surface area (TPSA) is 55.8 Å². The molecule has 1 heterocycles. The molecule has 2 unspecified atom stereocenters. The van der Waals surface area contributed by atoms with Gasteiger partial charge in [0.05, 0.1) is 13.2 Å². The van der Waals surface area contributed by atoms with Crippen molar-refractivity contribution in [1.82, 2.24) is 4.90 Å². The molecule has 2 rings (SSSR count). The van der Waals surface area contributed by atoms with E-state index < -0.39 is 30.8 Å². The van der Waals surface area contributed by atoms with Crippen LogP contribution in [0.1, 0.15) is 18.4 Å². The first-order valence-electron chi connectivity index (χ1n) is 6.80. The molecule has 0 N–H and O–H groups in total. The van der Waals surface area contributed by atoms with Crippen LogP contribution >= 0.6 is 0 Å². The molecule has 1 aliphatic rings. The van der Waals surface area contributed by atoms with E-state index in [1.807, 2.05) is 30.3 Å². The summed E-state index contributed by atoms with van der Waals surface area (Å²) in [7, 11) is 1.25. The Morgan fingerprint density at radius 2 is 2.00 bits per heavy atom. The summed E-state index contributed by atoms with van der Waals surface area (Å²) in [4.78, 5) is 25.0. The molecular formula is C15H18FNO4. The number of carbonyl (C=O) groups is 2. The van der Waals surface area contributed by atoms with Crippen LogP contribution in [-0.2, 0) is 20.9 Å². The summed E-state index contributed by atoms with van der Waals surface area (Å²) in [6.07, 6.45) is 0.132. The first kappa shape index (κ1) is 15.3. The number of esters is 1. The lowest BCUT2D eigenvalue weighted by molar-refractivity contribution is -0.145. The van der Waals surface area contributed by atoms with Gasteiger partial charge in [0.1, 0.15) is 19.3 Å². The molecule has 2 atom stereocenters. The van der Waals surface area contributed by atoms with Crippen LogP contribution in [0.25, 0.3) is 0 Å². The van der Waals surface area contributed by atoms with Crippen LogP contribution in [-0.4, -0.2) is 42.8 Å². The third-order valence-electron chi connectivity index (χ3n) is 3.57. The second-order valence-electron chi connectivity index (χ2n) is 4.87. The van der Waals surface area contributed by atoms with Crippen molar-refractivity contribution in [2.45, 2.75) is 31.5 Å². The van der Waals surface area contributed by atoms with Crippen molar-refractivity contribution in [2.24, 2.45) is 0 Å². The summed E-state index contributed by atoms with van der Waals surface area (Å²) in [6, 6.07) is 7.78. The lowest BCUT2D eigenvalue weighted by Gasteiger charge is -2.26. The molecule has 1 aliphatic heterocycles. The van der Waals surface area contributed by atoms with Crippen LogP contribution in [0.15, 0.2) is 30.3 Å². The lowest BCUT2D eigenvalue weighted by Crippen LogP contribution is -2.46. The number of rotatable bonds is 4. The number of amides is 1. The molecule has 0 bridgehead atoms. The third kappa shape index (κ3) is 3.51. The van der Waals surface area contributed by atoms with Crippen LogP contribution in [0.3, 0.4) is 0 Å². The summed E-state index contributed by atoms with van der Waals surface area (Å²) in [5.41, 5.74) is 0.830. The maximum Gasteiger partial charge on any atom is 0.411 e. The number of benzene rings is 1. The van der Waals surface area contributed by atoms with Gasteiger partial charge in [0.15, 0.2) is 0 Å². The van der Waals surface area contributed by atoms with E-state index >= 15 is 0 Å². The Morgan fingerprint density at radius 1 is 1.29 bits per heavy atom. The fraction of sp³-hybridized carbons (Fsp3) is 0.467. The highest BCUT2D eigenvalue weighted by Gasteiger charge is 2.42. The van der Waals surface area contributed by atoms with E-state index in [1.165, 1.54) is 7.11 Å². The van der Waals surface area contributed by atoms with Gasteiger partial charge in [-0.3, -0.25) is 4.90 Å². The van der Waals surface area contributed by atoms with Gasteiger partial charge in [-0.1, -0.05) is 30.3 Å². The van der Waals surface area contributed by atoms with Crippen molar-refractivity contribution in [3.8, 4) is 0 Å². The van der Waals surface area contributed by atoms with Crippen LogP contribution < -0.4 is 0 Å². The molecule has 0 radical (unpaired) electrons. The second-order valence-corrected chi connectivity index (χ2v) is 4.87. The molecule has 0 aromatic heterocycles. The molecule has 0 spiro atoms. The minimum absolute atomic E-state index is 0.0864. The highest BCUT2D eigenvalue weighted by Crippen LogP contribution is 2.26. The number of nitrogens with zero attached hydrogens (tertiary/aromatic N) is 1. The molecule has 1 amide bonds. The Labute approximate surface area is 122 Å². The smallest absolute Gasteiger partial charge is 0.411 e. The summed E-state index contributed by atoms with van der Waals surface area (Å²) in [5.74, 6) is -0.539. The summed E-state index contributed by atoms with van der Waals surface area (Å²) < 4.78 is 22.9. The number of likely N-dealkylation sites (tertiary alicyclic amines) is 1. The largest absolute Gasteiger partial charge is 0.467 e. The molecular weight excluding hydrogens is 277 g/mol. The van der Waals surface area contributed by atoms with Gasteiger partial charge >= 0.3 is 12.1 Å². The van der Waals surface area contributed by atoms with Crippen LogP contribution in [0.2, 0.25) is 0 Å². The zero-order valence-corrected chi connectivity index (χ0v) is 11.8. The number of carbonyl (C=O) groups excluding carboxylic acids is 2. The van der Waals surface area contributed by atoms with Crippen LogP contribution in [0, 0.1) is 0 Å². The number of hydrogen-bond donors (Lipinski definition) is 0. The van der Waals surface area contributed by atoms with Gasteiger partial charge in [-0.25, -0.2) is 14.0 Å². The van der Waals surface area contributed by atoms with Gasteiger partial charge in [0.25, 0.3) is 0 Å². The fourth-order valence-corrected chi connectivity index (χ4v) is 2.47. The van der Waals surface area contributed by atoms with Crippen molar-refractivity contribution in [3.05, 3.63) is 35.9 Å². The van der Waals surface area contributed by atoms with E-state index in [2.05, 4.69) is 4.74 Å². The Morgan fingerprint density at radius 3 is 2.62 bits per heavy atom. The standard InChI is InChI=1S/C15H18FNO4/c1-20-14(18)13-8-7-12(9-16)17(13)15(19)21-10-11-5-3-2-4-6-11/h2-6,12-13H,7-10H2,1H3. The molecule has 5 nitrogen and oxygen atoms in total. The molecule has 6 heteroatoms. The van der Waals surface area contributed by atoms with E-state index in [4.69, 9.17) is 4.74 Å². The molecule has 21 heavy (non-hydrogen) atoms. The van der Waals surface area contributed by atoms with Crippen molar-refractivity contribution < 1.29 is 23.5 Å². The first-order chi connectivity index (χ1) is 10.2. The number of hydrogen-bond acceptors (Lipinski definition) is 4. The maximum atomic E-state index is 13.0. The average molecular weight is 295 g/mol. The van der Waals surface area contributed by atoms with Gasteiger partial charge < -0.3 is 9.47 Å². The van der Waals surface area contributed by atoms with Crippen LogP contribution in [0.5, 0.6) is 0 Å². The minimum Gasteiger partial charge on any atom is -0.467 e. The summed E-state index contributed by atoms with van der Waals surface area (Å²) in [5, 5.41) is 0. The Kier molecular flexibility index (Phi) is 5.14. The van der Waals surface area contributed by atoms with E-state index in [0.717, 1.165) is 10.5 Å². The lowest BCUT2D eigenvalue weighted by atomic mass is 10.2. The molecule has 1 aromatic carbocycles. The van der Waals surface area contributed by atoms with Gasteiger partial charge in [-0.15, -0.1) is 0 Å². The van der Waals surface area contributed by atoms with Gasteiger partial charge in [-0.05, 0) is 18.4 Å². The van der Waals surface area contributed by atoms with Crippen LogP contribution in [0.4, 0.5) is 9.18 Å². The zero-order valence-electron chi connectivity index (χ0n) is 11.8. The fourth-order valence-electron chi connectivity index (χ4n) is 2.47. The van der Waals surface area contributed by atoms with E-state index in [-0.39, 0.29) is 6.61 Å². The normalized spacial score (nSPS) is 21.1. The second kappa shape index (κ2) is 7.06. The average Bonchev–Trinajstić information content (AvgIpc) is 2.96. The molecule has 0 aliphatic carbocycles. The van der Waals surface area contributed by atoms with Crippen molar-refractivity contribution in [2.75, 3.05) is 13.8 Å². The van der Waals surface area contributed by atoms with Gasteiger partial charge in [-0.2, -0.15) is 0 Å². The predicted octanol–water partition coefficient (Wildman–Crippen LogP) is 2.30. The quantitative estimate of drug-likeness (QED) is 0.800. The molecule has 1 saturated heterocycles. The molecule has 0 saturated carbocycles.